The number of nitrogens with zero attached hydrogens (tertiary/aromatic N) is 2. The maximum Gasteiger partial charge on any atom is 0.339 e. The molecule has 0 aliphatic rings. The highest BCUT2D eigenvalue weighted by molar-refractivity contribution is 9.10. The molecule has 2 aromatic rings. The van der Waals surface area contributed by atoms with Gasteiger partial charge in [-0.25, -0.2) is 9.78 Å². The molecule has 0 radical (unpaired) electrons. The summed E-state index contributed by atoms with van der Waals surface area (Å²) >= 11 is 3.18. The topological polar surface area (TPSA) is 86.0 Å². The van der Waals surface area contributed by atoms with Gasteiger partial charge in [0.2, 0.25) is 0 Å². The van der Waals surface area contributed by atoms with Gasteiger partial charge in [0.25, 0.3) is 0 Å². The Kier molecular flexibility index (Phi) is 3.78. The van der Waals surface area contributed by atoms with Gasteiger partial charge >= 0.3 is 5.97 Å². The zero-order valence-electron chi connectivity index (χ0n) is 9.59. The van der Waals surface area contributed by atoms with Crippen molar-refractivity contribution in [1.82, 2.24) is 4.98 Å². The van der Waals surface area contributed by atoms with Crippen molar-refractivity contribution in [3.05, 3.63) is 52.1 Å². The number of anilines is 2. The Morgan fingerprint density at radius 3 is 2.63 bits per heavy atom. The second-order valence-electron chi connectivity index (χ2n) is 3.67. The van der Waals surface area contributed by atoms with Gasteiger partial charge in [-0.3, -0.25) is 0 Å². The fourth-order valence-corrected chi connectivity index (χ4v) is 1.80. The van der Waals surface area contributed by atoms with Crippen molar-refractivity contribution in [3.8, 4) is 6.07 Å². The number of carbonyl (C=O) groups is 1. The predicted octanol–water partition coefficient (Wildman–Crippen LogP) is 3.16. The van der Waals surface area contributed by atoms with Crippen LogP contribution >= 0.6 is 15.9 Å². The number of hydrogen-bond donors (Lipinski definition) is 2. The molecule has 0 aliphatic heterocycles. The molecule has 0 bridgehead atoms. The Labute approximate surface area is 117 Å². The van der Waals surface area contributed by atoms with Gasteiger partial charge in [0.15, 0.2) is 0 Å². The van der Waals surface area contributed by atoms with Gasteiger partial charge in [0.1, 0.15) is 11.4 Å². The van der Waals surface area contributed by atoms with E-state index in [2.05, 4.69) is 26.2 Å². The van der Waals surface area contributed by atoms with Crippen LogP contribution in [-0.4, -0.2) is 16.1 Å². The Hall–Kier alpha value is -2.39. The van der Waals surface area contributed by atoms with E-state index in [1.165, 1.54) is 12.3 Å². The lowest BCUT2D eigenvalue weighted by Gasteiger charge is -2.08. The van der Waals surface area contributed by atoms with Crippen molar-refractivity contribution in [2.24, 2.45) is 0 Å². The van der Waals surface area contributed by atoms with E-state index in [4.69, 9.17) is 10.4 Å². The monoisotopic (exact) mass is 317 g/mol. The molecule has 2 N–H and O–H groups in total. The lowest BCUT2D eigenvalue weighted by atomic mass is 10.2. The van der Waals surface area contributed by atoms with Gasteiger partial charge in [-0.1, -0.05) is 0 Å². The normalized spacial score (nSPS) is 9.68. The van der Waals surface area contributed by atoms with Crippen molar-refractivity contribution in [2.75, 3.05) is 5.32 Å². The molecule has 0 atom stereocenters. The number of carboxylic acids is 1. The van der Waals surface area contributed by atoms with Crippen LogP contribution in [0.1, 0.15) is 15.9 Å². The Bertz CT molecular complexity index is 663. The fourth-order valence-electron chi connectivity index (χ4n) is 1.47. The number of benzene rings is 1. The van der Waals surface area contributed by atoms with Crippen LogP contribution in [0.15, 0.2) is 41.0 Å². The number of rotatable bonds is 3. The molecule has 1 aromatic heterocycles. The maximum atomic E-state index is 11.1. The van der Waals surface area contributed by atoms with Crippen LogP contribution in [0.5, 0.6) is 0 Å². The number of hydrogen-bond acceptors (Lipinski definition) is 4. The Balaban J connectivity index is 2.32. The average Bonchev–Trinajstić information content (AvgIpc) is 2.41. The molecule has 19 heavy (non-hydrogen) atoms. The van der Waals surface area contributed by atoms with Crippen LogP contribution in [0.25, 0.3) is 0 Å². The standard InChI is InChI=1S/C13H8BrN3O2/c14-9-5-11(13(18)19)12(16-7-9)17-10-3-1-8(6-15)2-4-10/h1-5,7H,(H,16,17)(H,18,19). The first kappa shape index (κ1) is 13.1. The number of aromatic carboxylic acids is 1. The number of pyridine rings is 1. The minimum absolute atomic E-state index is 0.0683. The van der Waals surface area contributed by atoms with Crippen LogP contribution in [-0.2, 0) is 0 Å². The lowest BCUT2D eigenvalue weighted by Crippen LogP contribution is -2.04. The molecule has 1 aromatic carbocycles. The summed E-state index contributed by atoms with van der Waals surface area (Å²) in [6.45, 7) is 0. The third kappa shape index (κ3) is 3.09. The van der Waals surface area contributed by atoms with E-state index in [0.29, 0.717) is 15.7 Å². The SMILES string of the molecule is N#Cc1ccc(Nc2ncc(Br)cc2C(=O)O)cc1. The highest BCUT2D eigenvalue weighted by atomic mass is 79.9. The highest BCUT2D eigenvalue weighted by Crippen LogP contribution is 2.22. The molecule has 0 fully saturated rings. The van der Waals surface area contributed by atoms with Gasteiger partial charge in [-0.2, -0.15) is 5.26 Å². The second-order valence-corrected chi connectivity index (χ2v) is 4.58. The van der Waals surface area contributed by atoms with Gasteiger partial charge in [-0.15, -0.1) is 0 Å². The number of nitrogens with one attached hydrogen (secondary N) is 1. The first-order valence-corrected chi connectivity index (χ1v) is 6.05. The molecule has 0 aliphatic carbocycles. The minimum Gasteiger partial charge on any atom is -0.478 e. The largest absolute Gasteiger partial charge is 0.478 e. The number of nitriles is 1. The summed E-state index contributed by atoms with van der Waals surface area (Å²) in [4.78, 5) is 15.2. The molecular weight excluding hydrogens is 310 g/mol. The Morgan fingerprint density at radius 1 is 1.37 bits per heavy atom. The van der Waals surface area contributed by atoms with Gasteiger partial charge in [-0.05, 0) is 46.3 Å². The summed E-state index contributed by atoms with van der Waals surface area (Å²) in [5.41, 5.74) is 1.27. The molecule has 0 saturated carbocycles. The molecule has 0 amide bonds. The molecule has 0 saturated heterocycles. The molecule has 2 rings (SSSR count). The maximum absolute atomic E-state index is 11.1. The molecule has 0 spiro atoms. The van der Waals surface area contributed by atoms with Gasteiger partial charge < -0.3 is 10.4 Å². The summed E-state index contributed by atoms with van der Waals surface area (Å²) < 4.78 is 0.593. The van der Waals surface area contributed by atoms with Crippen molar-refractivity contribution >= 4 is 33.4 Å². The van der Waals surface area contributed by atoms with E-state index in [9.17, 15) is 4.79 Å². The van der Waals surface area contributed by atoms with Crippen LogP contribution in [0.4, 0.5) is 11.5 Å². The number of aromatic nitrogens is 1. The fraction of sp³-hybridized carbons (Fsp3) is 0. The van der Waals surface area contributed by atoms with E-state index >= 15 is 0 Å². The van der Waals surface area contributed by atoms with E-state index in [0.717, 1.165) is 0 Å². The van der Waals surface area contributed by atoms with Crippen LogP contribution < -0.4 is 5.32 Å². The summed E-state index contributed by atoms with van der Waals surface area (Å²) in [7, 11) is 0. The number of carboxylic acid groups (broad SMARTS) is 1. The third-order valence-corrected chi connectivity index (χ3v) is 2.80. The van der Waals surface area contributed by atoms with Crippen LogP contribution in [0.2, 0.25) is 0 Å². The summed E-state index contributed by atoms with van der Waals surface area (Å²) in [5.74, 6) is -0.814. The van der Waals surface area contributed by atoms with Crippen molar-refractivity contribution in [3.63, 3.8) is 0 Å². The average molecular weight is 318 g/mol. The highest BCUT2D eigenvalue weighted by Gasteiger charge is 2.12. The van der Waals surface area contributed by atoms with E-state index in [-0.39, 0.29) is 11.4 Å². The molecule has 94 valence electrons. The van der Waals surface area contributed by atoms with E-state index < -0.39 is 5.97 Å². The van der Waals surface area contributed by atoms with Gasteiger partial charge in [0.05, 0.1) is 11.6 Å². The van der Waals surface area contributed by atoms with Crippen molar-refractivity contribution < 1.29 is 9.90 Å². The zero-order valence-corrected chi connectivity index (χ0v) is 11.2. The Morgan fingerprint density at radius 2 is 2.05 bits per heavy atom. The lowest BCUT2D eigenvalue weighted by molar-refractivity contribution is 0.0697. The summed E-state index contributed by atoms with van der Waals surface area (Å²) in [6, 6.07) is 10.1. The first-order valence-electron chi connectivity index (χ1n) is 5.26. The van der Waals surface area contributed by atoms with Crippen molar-refractivity contribution in [2.45, 2.75) is 0 Å². The smallest absolute Gasteiger partial charge is 0.339 e. The predicted molar refractivity (Wildman–Crippen MR) is 73.3 cm³/mol. The minimum atomic E-state index is -1.06. The summed E-state index contributed by atoms with van der Waals surface area (Å²) in [6.07, 6.45) is 1.51. The zero-order chi connectivity index (χ0) is 13.8. The third-order valence-electron chi connectivity index (χ3n) is 2.36. The first-order chi connectivity index (χ1) is 9.10. The quantitative estimate of drug-likeness (QED) is 0.908. The van der Waals surface area contributed by atoms with Crippen LogP contribution in [0.3, 0.4) is 0 Å². The van der Waals surface area contributed by atoms with Gasteiger partial charge in [0, 0.05) is 16.4 Å². The molecule has 5 nitrogen and oxygen atoms in total. The second kappa shape index (κ2) is 5.50. The molecule has 0 unspecified atom stereocenters. The molecule has 1 heterocycles. The van der Waals surface area contributed by atoms with E-state index in [1.54, 1.807) is 24.3 Å². The number of halogens is 1. The molecule has 6 heteroatoms. The van der Waals surface area contributed by atoms with Crippen molar-refractivity contribution in [1.29, 1.82) is 5.26 Å². The molecular formula is C13H8BrN3O2. The van der Waals surface area contributed by atoms with Crippen LogP contribution in [0, 0.1) is 11.3 Å². The summed E-state index contributed by atoms with van der Waals surface area (Å²) in [5, 5.41) is 20.7. The van der Waals surface area contributed by atoms with E-state index in [1.807, 2.05) is 6.07 Å².